The van der Waals surface area contributed by atoms with Gasteiger partial charge < -0.3 is 10.1 Å². The number of hydrogen-bond acceptors (Lipinski definition) is 4. The summed E-state index contributed by atoms with van der Waals surface area (Å²) in [5.74, 6) is 0.494. The highest BCUT2D eigenvalue weighted by molar-refractivity contribution is 9.10. The summed E-state index contributed by atoms with van der Waals surface area (Å²) < 4.78 is 32.3. The molecule has 1 aromatic carbocycles. The van der Waals surface area contributed by atoms with Crippen LogP contribution >= 0.6 is 28.3 Å². The summed E-state index contributed by atoms with van der Waals surface area (Å²) in [5, 5.41) is 2.96. The Morgan fingerprint density at radius 3 is 2.58 bits per heavy atom. The molecule has 2 N–H and O–H groups in total. The van der Waals surface area contributed by atoms with Gasteiger partial charge in [0, 0.05) is 12.6 Å². The Hall–Kier alpha value is -0.340. The van der Waals surface area contributed by atoms with Crippen molar-refractivity contribution in [2.24, 2.45) is 0 Å². The highest BCUT2D eigenvalue weighted by atomic mass is 79.9. The molecule has 0 heterocycles. The molecule has 0 aliphatic carbocycles. The maximum Gasteiger partial charge on any atom is 0.240 e. The van der Waals surface area contributed by atoms with Gasteiger partial charge in [0.25, 0.3) is 0 Å². The van der Waals surface area contributed by atoms with Crippen LogP contribution in [0.25, 0.3) is 0 Å². The summed E-state index contributed by atoms with van der Waals surface area (Å²) in [5.41, 5.74) is 0. The van der Waals surface area contributed by atoms with E-state index >= 15 is 0 Å². The largest absolute Gasteiger partial charge is 0.496 e. The lowest BCUT2D eigenvalue weighted by atomic mass is 10.3. The number of methoxy groups -OCH3 is 1. The van der Waals surface area contributed by atoms with Crippen molar-refractivity contribution in [1.82, 2.24) is 10.0 Å². The van der Waals surface area contributed by atoms with Gasteiger partial charge in [0.05, 0.1) is 16.5 Å². The molecule has 0 amide bonds. The fraction of sp³-hybridized carbons (Fsp3) is 0.455. The monoisotopic (exact) mass is 372 g/mol. The molecule has 0 saturated heterocycles. The van der Waals surface area contributed by atoms with Crippen LogP contribution in [-0.2, 0) is 10.0 Å². The van der Waals surface area contributed by atoms with Gasteiger partial charge in [-0.25, -0.2) is 13.1 Å². The standard InChI is InChI=1S/C11H17BrN2O3S.ClH/c1-13-6-3-7-14-18(15,16)9-4-5-10(12)11(8-9)17-2;/h4-5,8,13-14H,3,6-7H2,1-2H3;1H. The molecule has 1 aromatic rings. The molecule has 0 spiro atoms. The Balaban J connectivity index is 0.00000324. The lowest BCUT2D eigenvalue weighted by Gasteiger charge is -2.09. The van der Waals surface area contributed by atoms with Crippen molar-refractivity contribution in [3.8, 4) is 5.75 Å². The zero-order chi connectivity index (χ0) is 13.6. The van der Waals surface area contributed by atoms with Crippen LogP contribution in [0.3, 0.4) is 0 Å². The highest BCUT2D eigenvalue weighted by Crippen LogP contribution is 2.27. The van der Waals surface area contributed by atoms with Crippen LogP contribution in [0.15, 0.2) is 27.6 Å². The number of nitrogens with one attached hydrogen (secondary N) is 2. The van der Waals surface area contributed by atoms with Crippen LogP contribution in [0.1, 0.15) is 6.42 Å². The number of ether oxygens (including phenoxy) is 1. The molecule has 19 heavy (non-hydrogen) atoms. The smallest absolute Gasteiger partial charge is 0.240 e. The van der Waals surface area contributed by atoms with Crippen molar-refractivity contribution in [1.29, 1.82) is 0 Å². The summed E-state index contributed by atoms with van der Waals surface area (Å²) in [6, 6.07) is 4.68. The number of sulfonamides is 1. The van der Waals surface area contributed by atoms with Crippen LogP contribution in [0, 0.1) is 0 Å². The zero-order valence-corrected chi connectivity index (χ0v) is 14.0. The van der Waals surface area contributed by atoms with Crippen LogP contribution in [0.2, 0.25) is 0 Å². The lowest BCUT2D eigenvalue weighted by molar-refractivity contribution is 0.410. The van der Waals surface area contributed by atoms with Crippen molar-refractivity contribution >= 4 is 38.4 Å². The van der Waals surface area contributed by atoms with Gasteiger partial charge in [0.2, 0.25) is 10.0 Å². The number of halogens is 2. The molecule has 0 fully saturated rings. The second-order valence-corrected chi connectivity index (χ2v) is 6.27. The van der Waals surface area contributed by atoms with E-state index in [0.717, 1.165) is 17.4 Å². The van der Waals surface area contributed by atoms with E-state index in [0.29, 0.717) is 12.3 Å². The van der Waals surface area contributed by atoms with Gasteiger partial charge in [-0.1, -0.05) is 0 Å². The molecule has 0 atom stereocenters. The maximum atomic E-state index is 12.0. The lowest BCUT2D eigenvalue weighted by Crippen LogP contribution is -2.26. The molecule has 0 radical (unpaired) electrons. The zero-order valence-electron chi connectivity index (χ0n) is 10.8. The normalized spacial score (nSPS) is 10.9. The van der Waals surface area contributed by atoms with Gasteiger partial charge in [0.1, 0.15) is 5.75 Å². The van der Waals surface area contributed by atoms with Crippen molar-refractivity contribution in [3.05, 3.63) is 22.7 Å². The molecule has 8 heteroatoms. The highest BCUT2D eigenvalue weighted by Gasteiger charge is 2.15. The Labute approximate surface area is 128 Å². The molecular formula is C11H18BrClN2O3S. The fourth-order valence-corrected chi connectivity index (χ4v) is 2.86. The predicted octanol–water partition coefficient (Wildman–Crippen LogP) is 1.77. The molecule has 0 aliphatic rings. The molecule has 0 saturated carbocycles. The Bertz CT molecular complexity index is 497. The van der Waals surface area contributed by atoms with Gasteiger partial charge in [-0.05, 0) is 48.1 Å². The maximum absolute atomic E-state index is 12.0. The molecule has 110 valence electrons. The summed E-state index contributed by atoms with van der Waals surface area (Å²) >= 11 is 3.28. The fourth-order valence-electron chi connectivity index (χ4n) is 1.36. The summed E-state index contributed by atoms with van der Waals surface area (Å²) in [4.78, 5) is 0.201. The summed E-state index contributed by atoms with van der Waals surface area (Å²) in [6.07, 6.45) is 0.739. The topological polar surface area (TPSA) is 67.4 Å². The third-order valence-electron chi connectivity index (χ3n) is 2.33. The van der Waals surface area contributed by atoms with Gasteiger partial charge >= 0.3 is 0 Å². The Morgan fingerprint density at radius 2 is 2.00 bits per heavy atom. The van der Waals surface area contributed by atoms with Gasteiger partial charge in [-0.3, -0.25) is 0 Å². The van der Waals surface area contributed by atoms with E-state index in [1.807, 2.05) is 7.05 Å². The van der Waals surface area contributed by atoms with E-state index in [-0.39, 0.29) is 17.3 Å². The Morgan fingerprint density at radius 1 is 1.32 bits per heavy atom. The molecule has 0 aliphatic heterocycles. The number of hydrogen-bond donors (Lipinski definition) is 2. The summed E-state index contributed by atoms with van der Waals surface area (Å²) in [6.45, 7) is 1.17. The minimum atomic E-state index is -3.47. The second-order valence-electron chi connectivity index (χ2n) is 3.65. The van der Waals surface area contributed by atoms with Gasteiger partial charge in [-0.2, -0.15) is 0 Å². The van der Waals surface area contributed by atoms with Gasteiger partial charge in [0.15, 0.2) is 0 Å². The third-order valence-corrected chi connectivity index (χ3v) is 4.44. The first kappa shape index (κ1) is 18.7. The van der Waals surface area contributed by atoms with E-state index in [4.69, 9.17) is 4.74 Å². The second kappa shape index (κ2) is 8.76. The average molecular weight is 374 g/mol. The first-order chi connectivity index (χ1) is 8.51. The summed E-state index contributed by atoms with van der Waals surface area (Å²) in [7, 11) is -0.144. The van der Waals surface area contributed by atoms with Crippen LogP contribution in [0.4, 0.5) is 0 Å². The third kappa shape index (κ3) is 5.66. The van der Waals surface area contributed by atoms with Gasteiger partial charge in [-0.15, -0.1) is 12.4 Å². The van der Waals surface area contributed by atoms with Crippen LogP contribution in [-0.4, -0.2) is 35.7 Å². The minimum absolute atomic E-state index is 0. The van der Waals surface area contributed by atoms with E-state index in [9.17, 15) is 8.42 Å². The molecule has 0 bridgehead atoms. The minimum Gasteiger partial charge on any atom is -0.496 e. The first-order valence-corrected chi connectivity index (χ1v) is 7.76. The number of benzene rings is 1. The van der Waals surface area contributed by atoms with E-state index in [1.165, 1.54) is 19.2 Å². The van der Waals surface area contributed by atoms with Crippen molar-refractivity contribution in [3.63, 3.8) is 0 Å². The Kier molecular flexibility index (Phi) is 8.60. The quantitative estimate of drug-likeness (QED) is 0.715. The average Bonchev–Trinajstić information content (AvgIpc) is 2.35. The first-order valence-electron chi connectivity index (χ1n) is 5.49. The molecule has 0 aromatic heterocycles. The SMILES string of the molecule is CNCCCNS(=O)(=O)c1ccc(Br)c(OC)c1.Cl. The van der Waals surface area contributed by atoms with E-state index < -0.39 is 10.0 Å². The van der Waals surface area contributed by atoms with Crippen molar-refractivity contribution in [2.75, 3.05) is 27.2 Å². The molecule has 1 rings (SSSR count). The van der Waals surface area contributed by atoms with E-state index in [1.54, 1.807) is 6.07 Å². The predicted molar refractivity (Wildman–Crippen MR) is 81.7 cm³/mol. The molecule has 5 nitrogen and oxygen atoms in total. The van der Waals surface area contributed by atoms with E-state index in [2.05, 4.69) is 26.0 Å². The number of rotatable bonds is 7. The van der Waals surface area contributed by atoms with Crippen molar-refractivity contribution in [2.45, 2.75) is 11.3 Å². The molecule has 0 unspecified atom stereocenters. The van der Waals surface area contributed by atoms with Crippen molar-refractivity contribution < 1.29 is 13.2 Å². The van der Waals surface area contributed by atoms with Crippen LogP contribution < -0.4 is 14.8 Å². The van der Waals surface area contributed by atoms with Crippen LogP contribution in [0.5, 0.6) is 5.75 Å². The molecular weight excluding hydrogens is 356 g/mol.